The van der Waals surface area contributed by atoms with Crippen molar-refractivity contribution < 1.29 is 14.0 Å². The van der Waals surface area contributed by atoms with Gasteiger partial charge < -0.3 is 14.2 Å². The highest BCUT2D eigenvalue weighted by molar-refractivity contribution is 5.92. The number of furan rings is 1. The second-order valence-corrected chi connectivity index (χ2v) is 5.84. The molecule has 0 atom stereocenters. The molecule has 0 N–H and O–H groups in total. The molecule has 0 saturated carbocycles. The zero-order valence-corrected chi connectivity index (χ0v) is 12.1. The van der Waals surface area contributed by atoms with Crippen LogP contribution in [0.25, 0.3) is 0 Å². The maximum Gasteiger partial charge on any atom is 0.289 e. The summed E-state index contributed by atoms with van der Waals surface area (Å²) in [4.78, 5) is 28.4. The summed E-state index contributed by atoms with van der Waals surface area (Å²) in [6.45, 7) is 6.36. The van der Waals surface area contributed by atoms with Crippen molar-refractivity contribution in [2.24, 2.45) is 5.41 Å². The molecule has 1 aromatic heterocycles. The number of amides is 2. The molecule has 5 nitrogen and oxygen atoms in total. The first-order chi connectivity index (χ1) is 10.2. The summed E-state index contributed by atoms with van der Waals surface area (Å²) in [7, 11) is 0. The Kier molecular flexibility index (Phi) is 3.57. The molecule has 2 saturated heterocycles. The van der Waals surface area contributed by atoms with Gasteiger partial charge in [0.25, 0.3) is 5.91 Å². The highest BCUT2D eigenvalue weighted by Crippen LogP contribution is 2.41. The molecule has 0 aromatic carbocycles. The van der Waals surface area contributed by atoms with Crippen molar-refractivity contribution in [3.63, 3.8) is 0 Å². The number of carbonyl (C=O) groups excluding carboxylic acids is 2. The van der Waals surface area contributed by atoms with Crippen LogP contribution in [0.1, 0.15) is 29.8 Å². The maximum atomic E-state index is 12.5. The van der Waals surface area contributed by atoms with E-state index in [1.807, 2.05) is 4.90 Å². The van der Waals surface area contributed by atoms with Crippen LogP contribution in [0, 0.1) is 5.41 Å². The topological polar surface area (TPSA) is 53.8 Å². The zero-order valence-electron chi connectivity index (χ0n) is 12.1. The average molecular weight is 288 g/mol. The molecule has 0 radical (unpaired) electrons. The lowest BCUT2D eigenvalue weighted by molar-refractivity contribution is -0.137. The van der Waals surface area contributed by atoms with Crippen molar-refractivity contribution in [3.8, 4) is 0 Å². The molecule has 1 spiro atoms. The lowest BCUT2D eigenvalue weighted by Gasteiger charge is -2.37. The lowest BCUT2D eigenvalue weighted by Crippen LogP contribution is -2.46. The third-order valence-corrected chi connectivity index (χ3v) is 4.69. The van der Waals surface area contributed by atoms with Gasteiger partial charge >= 0.3 is 0 Å². The standard InChI is InChI=1S/C16H20N2O3/c1-2-8-18-11-7-16(15(18)20)5-9-17(10-6-16)14(19)13-4-3-12-21-13/h2-4,12H,1,5-11H2. The fraction of sp³-hybridized carbons (Fsp3) is 0.500. The first-order valence-electron chi connectivity index (χ1n) is 7.39. The van der Waals surface area contributed by atoms with Gasteiger partial charge in [0.2, 0.25) is 5.91 Å². The fourth-order valence-corrected chi connectivity index (χ4v) is 3.38. The van der Waals surface area contributed by atoms with E-state index in [4.69, 9.17) is 4.42 Å². The predicted molar refractivity (Wildman–Crippen MR) is 77.7 cm³/mol. The van der Waals surface area contributed by atoms with Gasteiger partial charge in [-0.15, -0.1) is 6.58 Å². The van der Waals surface area contributed by atoms with Crippen LogP contribution in [0.3, 0.4) is 0 Å². The van der Waals surface area contributed by atoms with Gasteiger partial charge in [0.15, 0.2) is 5.76 Å². The molecule has 5 heteroatoms. The Morgan fingerprint density at radius 1 is 1.33 bits per heavy atom. The maximum absolute atomic E-state index is 12.5. The van der Waals surface area contributed by atoms with E-state index in [-0.39, 0.29) is 17.2 Å². The van der Waals surface area contributed by atoms with Crippen molar-refractivity contribution in [2.45, 2.75) is 19.3 Å². The monoisotopic (exact) mass is 288 g/mol. The SMILES string of the molecule is C=CCN1CCC2(CCN(C(=O)c3ccco3)CC2)C1=O. The van der Waals surface area contributed by atoms with Crippen molar-refractivity contribution in [2.75, 3.05) is 26.2 Å². The van der Waals surface area contributed by atoms with E-state index < -0.39 is 0 Å². The summed E-state index contributed by atoms with van der Waals surface area (Å²) >= 11 is 0. The Balaban J connectivity index is 1.64. The van der Waals surface area contributed by atoms with Crippen LogP contribution in [0.5, 0.6) is 0 Å². The first kappa shape index (κ1) is 13.9. The Morgan fingerprint density at radius 2 is 2.05 bits per heavy atom. The molecule has 2 fully saturated rings. The van der Waals surface area contributed by atoms with Crippen LogP contribution < -0.4 is 0 Å². The largest absolute Gasteiger partial charge is 0.459 e. The minimum atomic E-state index is -0.261. The summed E-state index contributed by atoms with van der Waals surface area (Å²) in [5.41, 5.74) is -0.261. The fourth-order valence-electron chi connectivity index (χ4n) is 3.38. The summed E-state index contributed by atoms with van der Waals surface area (Å²) < 4.78 is 5.16. The molecule has 0 bridgehead atoms. The van der Waals surface area contributed by atoms with E-state index in [1.54, 1.807) is 23.1 Å². The third kappa shape index (κ3) is 2.37. The minimum Gasteiger partial charge on any atom is -0.459 e. The number of piperidine rings is 1. The van der Waals surface area contributed by atoms with Gasteiger partial charge in [-0.1, -0.05) is 6.08 Å². The van der Waals surface area contributed by atoms with E-state index in [9.17, 15) is 9.59 Å². The molecule has 112 valence electrons. The molecule has 21 heavy (non-hydrogen) atoms. The number of carbonyl (C=O) groups is 2. The molecular weight excluding hydrogens is 268 g/mol. The number of rotatable bonds is 3. The van der Waals surface area contributed by atoms with Crippen LogP contribution in [0.4, 0.5) is 0 Å². The van der Waals surface area contributed by atoms with Crippen molar-refractivity contribution in [1.82, 2.24) is 9.80 Å². The van der Waals surface area contributed by atoms with Crippen LogP contribution in [-0.4, -0.2) is 47.8 Å². The first-order valence-corrected chi connectivity index (χ1v) is 7.39. The van der Waals surface area contributed by atoms with Crippen LogP contribution >= 0.6 is 0 Å². The molecule has 3 heterocycles. The molecule has 2 amide bonds. The summed E-state index contributed by atoms with van der Waals surface area (Å²) in [5.74, 6) is 0.521. The van der Waals surface area contributed by atoms with Gasteiger partial charge in [-0.3, -0.25) is 9.59 Å². The smallest absolute Gasteiger partial charge is 0.289 e. The number of hydrogen-bond acceptors (Lipinski definition) is 3. The second kappa shape index (κ2) is 5.39. The Hall–Kier alpha value is -2.04. The highest BCUT2D eigenvalue weighted by Gasteiger charge is 2.48. The van der Waals surface area contributed by atoms with E-state index in [1.165, 1.54) is 6.26 Å². The van der Waals surface area contributed by atoms with Crippen LogP contribution in [-0.2, 0) is 4.79 Å². The molecular formula is C16H20N2O3. The van der Waals surface area contributed by atoms with Gasteiger partial charge in [0.05, 0.1) is 11.7 Å². The van der Waals surface area contributed by atoms with Gasteiger partial charge in [-0.05, 0) is 31.4 Å². The van der Waals surface area contributed by atoms with E-state index in [0.717, 1.165) is 25.8 Å². The Labute approximate surface area is 124 Å². The minimum absolute atomic E-state index is 0.0803. The predicted octanol–water partition coefficient (Wildman–Crippen LogP) is 1.92. The molecule has 1 aromatic rings. The number of nitrogens with zero attached hydrogens (tertiary/aromatic N) is 2. The molecule has 0 aliphatic carbocycles. The molecule has 2 aliphatic rings. The van der Waals surface area contributed by atoms with Crippen LogP contribution in [0.2, 0.25) is 0 Å². The summed E-state index contributed by atoms with van der Waals surface area (Å²) in [5, 5.41) is 0. The van der Waals surface area contributed by atoms with Gasteiger partial charge in [-0.25, -0.2) is 0 Å². The van der Waals surface area contributed by atoms with Gasteiger partial charge in [-0.2, -0.15) is 0 Å². The quantitative estimate of drug-likeness (QED) is 0.798. The highest BCUT2D eigenvalue weighted by atomic mass is 16.3. The summed E-state index contributed by atoms with van der Waals surface area (Å²) in [6.07, 6.45) is 5.65. The second-order valence-electron chi connectivity index (χ2n) is 5.84. The van der Waals surface area contributed by atoms with Crippen molar-refractivity contribution >= 4 is 11.8 Å². The van der Waals surface area contributed by atoms with Gasteiger partial charge in [0.1, 0.15) is 0 Å². The van der Waals surface area contributed by atoms with E-state index in [0.29, 0.717) is 25.4 Å². The van der Waals surface area contributed by atoms with E-state index >= 15 is 0 Å². The Morgan fingerprint density at radius 3 is 2.67 bits per heavy atom. The van der Waals surface area contributed by atoms with Crippen LogP contribution in [0.15, 0.2) is 35.5 Å². The number of likely N-dealkylation sites (tertiary alicyclic amines) is 2. The van der Waals surface area contributed by atoms with Gasteiger partial charge in [0, 0.05) is 26.2 Å². The third-order valence-electron chi connectivity index (χ3n) is 4.69. The zero-order chi connectivity index (χ0) is 14.9. The molecule has 2 aliphatic heterocycles. The average Bonchev–Trinajstić information content (AvgIpc) is 3.13. The van der Waals surface area contributed by atoms with Crippen molar-refractivity contribution in [3.05, 3.63) is 36.8 Å². The summed E-state index contributed by atoms with van der Waals surface area (Å²) in [6, 6.07) is 3.39. The van der Waals surface area contributed by atoms with E-state index in [2.05, 4.69) is 6.58 Å². The van der Waals surface area contributed by atoms with Crippen molar-refractivity contribution in [1.29, 1.82) is 0 Å². The normalized spacial score (nSPS) is 21.0. The number of hydrogen-bond donors (Lipinski definition) is 0. The molecule has 0 unspecified atom stereocenters. The Bertz CT molecular complexity index is 542. The molecule has 3 rings (SSSR count). The lowest BCUT2D eigenvalue weighted by atomic mass is 9.77.